The van der Waals surface area contributed by atoms with Gasteiger partial charge < -0.3 is 29.3 Å². The van der Waals surface area contributed by atoms with Crippen LogP contribution in [0.4, 0.5) is 10.1 Å². The Labute approximate surface area is 238 Å². The topological polar surface area (TPSA) is 103 Å². The van der Waals surface area contributed by atoms with E-state index in [0.29, 0.717) is 49.9 Å². The molecule has 10 nitrogen and oxygen atoms in total. The first kappa shape index (κ1) is 26.7. The normalized spacial score (nSPS) is 27.0. The molecule has 5 heterocycles. The number of rotatable bonds is 5. The van der Waals surface area contributed by atoms with Gasteiger partial charge in [0.05, 0.1) is 11.4 Å². The maximum Gasteiger partial charge on any atom is 0.256 e. The smallest absolute Gasteiger partial charge is 0.256 e. The van der Waals surface area contributed by atoms with Gasteiger partial charge in [-0.3, -0.25) is 4.79 Å². The lowest BCUT2D eigenvalue weighted by atomic mass is 9.97. The standard InChI is InChI=1S/C29H33FN4O6S/c1-31-15-22-16-33(18-29(22,30)17-31)23-4-2-3-19(9-23)27(35)28(36)32-11-20-13-34(14-21(20)12-32)41(37,38)24-5-6-25-26(10-24)40-8-7-39-25/h2-6,9-10,22,27,35H,7-8,11-18H2,1H3/t22-,27+,29-/m0/s1. The number of halogens is 1. The molecule has 2 saturated heterocycles. The number of nitrogens with zero attached hydrogens (tertiary/aromatic N) is 4. The molecule has 5 aliphatic heterocycles. The van der Waals surface area contributed by atoms with Crippen LogP contribution in [0, 0.1) is 5.92 Å². The number of benzene rings is 2. The van der Waals surface area contributed by atoms with E-state index in [-0.39, 0.29) is 37.0 Å². The van der Waals surface area contributed by atoms with E-state index in [4.69, 9.17) is 9.47 Å². The Hall–Kier alpha value is -3.19. The van der Waals surface area contributed by atoms with Crippen LogP contribution in [0.5, 0.6) is 11.5 Å². The minimum atomic E-state index is -3.77. The molecule has 1 amide bonds. The summed E-state index contributed by atoms with van der Waals surface area (Å²) in [6.45, 7) is 3.74. The van der Waals surface area contributed by atoms with Gasteiger partial charge in [0.2, 0.25) is 10.0 Å². The van der Waals surface area contributed by atoms with Gasteiger partial charge in [-0.25, -0.2) is 12.8 Å². The first-order valence-electron chi connectivity index (χ1n) is 13.9. The van der Waals surface area contributed by atoms with E-state index in [0.717, 1.165) is 23.4 Å². The molecule has 12 heteroatoms. The van der Waals surface area contributed by atoms with Gasteiger partial charge in [-0.05, 0) is 48.0 Å². The molecule has 0 saturated carbocycles. The Balaban J connectivity index is 0.991. The molecular weight excluding hydrogens is 551 g/mol. The Morgan fingerprint density at radius 2 is 1.73 bits per heavy atom. The van der Waals surface area contributed by atoms with Crippen LogP contribution in [0.25, 0.3) is 0 Å². The molecule has 0 unspecified atom stereocenters. The molecule has 0 bridgehead atoms. The summed E-state index contributed by atoms with van der Waals surface area (Å²) >= 11 is 0. The number of carbonyl (C=O) groups is 1. The molecule has 2 aromatic carbocycles. The first-order chi connectivity index (χ1) is 19.6. The average molecular weight is 585 g/mol. The lowest BCUT2D eigenvalue weighted by molar-refractivity contribution is -0.139. The fourth-order valence-electron chi connectivity index (χ4n) is 6.84. The zero-order valence-electron chi connectivity index (χ0n) is 22.8. The number of hydrogen-bond donors (Lipinski definition) is 1. The van der Waals surface area contributed by atoms with E-state index < -0.39 is 27.7 Å². The molecule has 2 aromatic rings. The SMILES string of the molecule is CN1C[C@H]2CN(c3cccc([C@@H](O)C(=O)N4CC5=C(C4)CN(S(=O)(=O)c4ccc6c(c4)OCCO6)C5)c3)C[C@@]2(F)C1. The fourth-order valence-corrected chi connectivity index (χ4v) is 8.28. The van der Waals surface area contributed by atoms with E-state index in [1.807, 2.05) is 22.9 Å². The van der Waals surface area contributed by atoms with Gasteiger partial charge >= 0.3 is 0 Å². The molecule has 5 aliphatic rings. The second-order valence-corrected chi connectivity index (χ2v) is 13.7. The lowest BCUT2D eigenvalue weighted by Crippen LogP contribution is -2.38. The average Bonchev–Trinajstić information content (AvgIpc) is 3.69. The van der Waals surface area contributed by atoms with Crippen LogP contribution in [-0.4, -0.2) is 112 Å². The van der Waals surface area contributed by atoms with E-state index in [2.05, 4.69) is 0 Å². The Morgan fingerprint density at radius 3 is 2.46 bits per heavy atom. The van der Waals surface area contributed by atoms with Crippen molar-refractivity contribution >= 4 is 21.6 Å². The van der Waals surface area contributed by atoms with Crippen molar-refractivity contribution in [2.45, 2.75) is 16.7 Å². The van der Waals surface area contributed by atoms with Crippen LogP contribution in [0.1, 0.15) is 11.7 Å². The number of alkyl halides is 1. The highest BCUT2D eigenvalue weighted by Gasteiger charge is 2.52. The molecule has 0 aromatic heterocycles. The monoisotopic (exact) mass is 584 g/mol. The minimum Gasteiger partial charge on any atom is -0.486 e. The van der Waals surface area contributed by atoms with Crippen molar-refractivity contribution in [2.24, 2.45) is 5.92 Å². The molecule has 1 N–H and O–H groups in total. The van der Waals surface area contributed by atoms with E-state index in [1.54, 1.807) is 29.2 Å². The number of ether oxygens (including phenoxy) is 2. The number of amides is 1. The summed E-state index contributed by atoms with van der Waals surface area (Å²) in [5.41, 5.74) is 1.77. The summed E-state index contributed by atoms with van der Waals surface area (Å²) < 4.78 is 54.6. The number of aliphatic hydroxyl groups excluding tert-OH is 1. The van der Waals surface area contributed by atoms with Crippen LogP contribution in [0.3, 0.4) is 0 Å². The van der Waals surface area contributed by atoms with Crippen molar-refractivity contribution in [3.05, 3.63) is 59.2 Å². The number of aliphatic hydroxyl groups is 1. The first-order valence-corrected chi connectivity index (χ1v) is 15.3. The predicted octanol–water partition coefficient (Wildman–Crippen LogP) is 1.42. The molecule has 0 aliphatic carbocycles. The molecule has 0 spiro atoms. The van der Waals surface area contributed by atoms with E-state index >= 15 is 4.39 Å². The molecule has 41 heavy (non-hydrogen) atoms. The zero-order valence-corrected chi connectivity index (χ0v) is 23.6. The highest BCUT2D eigenvalue weighted by Crippen LogP contribution is 2.40. The van der Waals surface area contributed by atoms with Gasteiger partial charge in [-0.15, -0.1) is 0 Å². The third-order valence-corrected chi connectivity index (χ3v) is 10.7. The molecule has 0 radical (unpaired) electrons. The predicted molar refractivity (Wildman–Crippen MR) is 148 cm³/mol. The van der Waals surface area contributed by atoms with Crippen LogP contribution in [0.15, 0.2) is 58.5 Å². The van der Waals surface area contributed by atoms with Gasteiger partial charge in [0.25, 0.3) is 5.91 Å². The number of anilines is 1. The lowest BCUT2D eigenvalue weighted by Gasteiger charge is -2.26. The van der Waals surface area contributed by atoms with E-state index in [9.17, 15) is 18.3 Å². The van der Waals surface area contributed by atoms with Crippen molar-refractivity contribution < 1.29 is 32.2 Å². The fraction of sp³-hybridized carbons (Fsp3) is 0.483. The number of fused-ring (bicyclic) bond motifs is 2. The van der Waals surface area contributed by atoms with Gasteiger partial charge in [0.15, 0.2) is 17.6 Å². The van der Waals surface area contributed by atoms with Gasteiger partial charge in [-0.1, -0.05) is 12.1 Å². The van der Waals surface area contributed by atoms with Gasteiger partial charge in [0, 0.05) is 63.5 Å². The quantitative estimate of drug-likeness (QED) is 0.527. The van der Waals surface area contributed by atoms with Crippen LogP contribution in [0.2, 0.25) is 0 Å². The van der Waals surface area contributed by atoms with Gasteiger partial charge in [-0.2, -0.15) is 4.31 Å². The summed E-state index contributed by atoms with van der Waals surface area (Å²) in [6, 6.07) is 11.8. The minimum absolute atomic E-state index is 0.0567. The summed E-state index contributed by atoms with van der Waals surface area (Å²) in [5, 5.41) is 11.0. The van der Waals surface area contributed by atoms with Crippen molar-refractivity contribution in [1.82, 2.24) is 14.1 Å². The van der Waals surface area contributed by atoms with E-state index in [1.165, 1.54) is 16.4 Å². The number of likely N-dealkylation sites (tertiary alicyclic amines) is 1. The van der Waals surface area contributed by atoms with Crippen molar-refractivity contribution in [3.63, 3.8) is 0 Å². The number of carbonyl (C=O) groups excluding carboxylic acids is 1. The van der Waals surface area contributed by atoms with Crippen LogP contribution < -0.4 is 14.4 Å². The highest BCUT2D eigenvalue weighted by atomic mass is 32.2. The summed E-state index contributed by atoms with van der Waals surface area (Å²) in [7, 11) is -1.83. The zero-order chi connectivity index (χ0) is 28.5. The third kappa shape index (κ3) is 4.57. The Kier molecular flexibility index (Phi) is 6.31. The summed E-state index contributed by atoms with van der Waals surface area (Å²) in [4.78, 5) is 19.0. The van der Waals surface area contributed by atoms with Gasteiger partial charge in [0.1, 0.15) is 18.9 Å². The van der Waals surface area contributed by atoms with Crippen LogP contribution in [-0.2, 0) is 14.8 Å². The molecule has 7 rings (SSSR count). The maximum atomic E-state index is 15.4. The Morgan fingerprint density at radius 1 is 1.00 bits per heavy atom. The summed E-state index contributed by atoms with van der Waals surface area (Å²) in [6.07, 6.45) is -1.36. The molecular formula is C29H33FN4O6S. The maximum absolute atomic E-state index is 15.4. The number of hydrogen-bond acceptors (Lipinski definition) is 8. The van der Waals surface area contributed by atoms with Crippen molar-refractivity contribution in [1.29, 1.82) is 0 Å². The third-order valence-electron chi connectivity index (χ3n) is 8.94. The second kappa shape index (κ2) is 9.69. The largest absolute Gasteiger partial charge is 0.486 e. The summed E-state index contributed by atoms with van der Waals surface area (Å²) in [5.74, 6) is 0.451. The molecule has 2 fully saturated rings. The number of sulfonamides is 1. The Bertz CT molecular complexity index is 1530. The van der Waals surface area contributed by atoms with Crippen molar-refractivity contribution in [3.8, 4) is 11.5 Å². The van der Waals surface area contributed by atoms with Crippen LogP contribution >= 0.6 is 0 Å². The van der Waals surface area contributed by atoms with Crippen molar-refractivity contribution in [2.75, 3.05) is 77.5 Å². The molecule has 3 atom stereocenters. The highest BCUT2D eigenvalue weighted by molar-refractivity contribution is 7.89. The second-order valence-electron chi connectivity index (χ2n) is 11.8. The molecule has 218 valence electrons.